The van der Waals surface area contributed by atoms with Gasteiger partial charge in [-0.2, -0.15) is 0 Å². The maximum atomic E-state index is 9.33. The van der Waals surface area contributed by atoms with Gasteiger partial charge in [0.2, 0.25) is 0 Å². The molecule has 2 unspecified atom stereocenters. The lowest BCUT2D eigenvalue weighted by Crippen LogP contribution is -2.33. The van der Waals surface area contributed by atoms with E-state index in [0.29, 0.717) is 0 Å². The van der Waals surface area contributed by atoms with Crippen molar-refractivity contribution < 1.29 is 9.84 Å². The van der Waals surface area contributed by atoms with Gasteiger partial charge < -0.3 is 9.84 Å². The monoisotopic (exact) mass is 142 g/mol. The van der Waals surface area contributed by atoms with Crippen LogP contribution in [0.1, 0.15) is 19.3 Å². The van der Waals surface area contributed by atoms with Gasteiger partial charge in [0, 0.05) is 6.61 Å². The van der Waals surface area contributed by atoms with Crippen LogP contribution in [0.4, 0.5) is 0 Å². The number of rotatable bonds is 2. The summed E-state index contributed by atoms with van der Waals surface area (Å²) in [6.07, 6.45) is 4.14. The van der Waals surface area contributed by atoms with Gasteiger partial charge in [0.05, 0.1) is 12.2 Å². The Morgan fingerprint density at radius 3 is 3.10 bits per heavy atom. The molecule has 2 nitrogen and oxygen atoms in total. The lowest BCUT2D eigenvalue weighted by atomic mass is 10.0. The molecule has 2 atom stereocenters. The number of aliphatic hydroxyl groups excluding tert-OH is 1. The molecule has 0 aromatic carbocycles. The quantitative estimate of drug-likeness (QED) is 0.585. The van der Waals surface area contributed by atoms with Crippen LogP contribution >= 0.6 is 0 Å². The molecule has 0 aromatic rings. The van der Waals surface area contributed by atoms with E-state index >= 15 is 0 Å². The zero-order valence-corrected chi connectivity index (χ0v) is 6.12. The summed E-state index contributed by atoms with van der Waals surface area (Å²) in [7, 11) is 0. The minimum absolute atomic E-state index is 0.00579. The van der Waals surface area contributed by atoms with E-state index in [4.69, 9.17) is 4.74 Å². The molecule has 0 aromatic heterocycles. The summed E-state index contributed by atoms with van der Waals surface area (Å²) in [5.74, 6) is 0. The first-order valence-corrected chi connectivity index (χ1v) is 3.75. The number of hydrogen-bond donors (Lipinski definition) is 1. The van der Waals surface area contributed by atoms with Crippen LogP contribution in [0.3, 0.4) is 0 Å². The van der Waals surface area contributed by atoms with Gasteiger partial charge in [-0.3, -0.25) is 0 Å². The highest BCUT2D eigenvalue weighted by Gasteiger charge is 2.21. The van der Waals surface area contributed by atoms with Crippen molar-refractivity contribution in [2.45, 2.75) is 31.5 Å². The molecule has 2 heteroatoms. The molecule has 1 fully saturated rings. The van der Waals surface area contributed by atoms with Crippen molar-refractivity contribution in [3.05, 3.63) is 12.7 Å². The average Bonchev–Trinajstić information content (AvgIpc) is 1.94. The lowest BCUT2D eigenvalue weighted by Gasteiger charge is -2.26. The van der Waals surface area contributed by atoms with Crippen LogP contribution in [0.2, 0.25) is 0 Å². The summed E-state index contributed by atoms with van der Waals surface area (Å²) >= 11 is 0. The van der Waals surface area contributed by atoms with Crippen molar-refractivity contribution in [3.8, 4) is 0 Å². The third-order valence-electron chi connectivity index (χ3n) is 1.80. The standard InChI is InChI=1S/C8H14O2/c1-2-4-8-7(9)5-3-6-10-8/h2,7-9H,1,3-6H2. The van der Waals surface area contributed by atoms with Gasteiger partial charge in [0.15, 0.2) is 0 Å². The normalized spacial score (nSPS) is 33.7. The first kappa shape index (κ1) is 7.76. The van der Waals surface area contributed by atoms with E-state index in [1.165, 1.54) is 0 Å². The molecule has 58 valence electrons. The van der Waals surface area contributed by atoms with E-state index in [9.17, 15) is 5.11 Å². The Labute approximate surface area is 61.5 Å². The fourth-order valence-corrected chi connectivity index (χ4v) is 1.21. The number of hydrogen-bond acceptors (Lipinski definition) is 2. The van der Waals surface area contributed by atoms with E-state index in [-0.39, 0.29) is 12.2 Å². The molecule has 1 N–H and O–H groups in total. The topological polar surface area (TPSA) is 29.5 Å². The molecule has 1 rings (SSSR count). The molecule has 0 bridgehead atoms. The minimum atomic E-state index is -0.272. The largest absolute Gasteiger partial charge is 0.390 e. The Bertz CT molecular complexity index is 112. The van der Waals surface area contributed by atoms with Crippen molar-refractivity contribution in [3.63, 3.8) is 0 Å². The highest BCUT2D eigenvalue weighted by atomic mass is 16.5. The van der Waals surface area contributed by atoms with Crippen LogP contribution in [0, 0.1) is 0 Å². The van der Waals surface area contributed by atoms with Gasteiger partial charge in [-0.25, -0.2) is 0 Å². The van der Waals surface area contributed by atoms with Crippen molar-refractivity contribution in [1.82, 2.24) is 0 Å². The third-order valence-corrected chi connectivity index (χ3v) is 1.80. The van der Waals surface area contributed by atoms with Crippen molar-refractivity contribution in [2.75, 3.05) is 6.61 Å². The first-order valence-electron chi connectivity index (χ1n) is 3.75. The molecule has 0 saturated carbocycles. The van der Waals surface area contributed by atoms with Gasteiger partial charge >= 0.3 is 0 Å². The van der Waals surface area contributed by atoms with Gasteiger partial charge in [-0.15, -0.1) is 6.58 Å². The lowest BCUT2D eigenvalue weighted by molar-refractivity contribution is -0.0713. The molecule has 10 heavy (non-hydrogen) atoms. The van der Waals surface area contributed by atoms with E-state index in [2.05, 4.69) is 6.58 Å². The molecule has 1 aliphatic rings. The van der Waals surface area contributed by atoms with Crippen LogP contribution < -0.4 is 0 Å². The second-order valence-electron chi connectivity index (χ2n) is 2.64. The smallest absolute Gasteiger partial charge is 0.0868 e. The maximum absolute atomic E-state index is 9.33. The van der Waals surface area contributed by atoms with Crippen LogP contribution in [-0.4, -0.2) is 23.9 Å². The fourth-order valence-electron chi connectivity index (χ4n) is 1.21. The molecule has 1 saturated heterocycles. The molecular weight excluding hydrogens is 128 g/mol. The Morgan fingerprint density at radius 1 is 1.70 bits per heavy atom. The van der Waals surface area contributed by atoms with Gasteiger partial charge in [-0.05, 0) is 19.3 Å². The Morgan fingerprint density at radius 2 is 2.50 bits per heavy atom. The Balaban J connectivity index is 2.32. The fraction of sp³-hybridized carbons (Fsp3) is 0.750. The molecule has 0 aliphatic carbocycles. The number of aliphatic hydroxyl groups is 1. The Kier molecular flexibility index (Phi) is 2.90. The summed E-state index contributed by atoms with van der Waals surface area (Å²) in [6, 6.07) is 0. The van der Waals surface area contributed by atoms with Crippen molar-refractivity contribution >= 4 is 0 Å². The maximum Gasteiger partial charge on any atom is 0.0868 e. The van der Waals surface area contributed by atoms with E-state index in [1.807, 2.05) is 0 Å². The summed E-state index contributed by atoms with van der Waals surface area (Å²) in [5.41, 5.74) is 0. The van der Waals surface area contributed by atoms with E-state index < -0.39 is 0 Å². The van der Waals surface area contributed by atoms with Crippen LogP contribution in [-0.2, 0) is 4.74 Å². The summed E-state index contributed by atoms with van der Waals surface area (Å²) in [5, 5.41) is 9.33. The molecule has 1 aliphatic heterocycles. The molecule has 0 amide bonds. The predicted molar refractivity (Wildman–Crippen MR) is 39.8 cm³/mol. The highest BCUT2D eigenvalue weighted by molar-refractivity contribution is 4.80. The van der Waals surface area contributed by atoms with Gasteiger partial charge in [0.1, 0.15) is 0 Å². The van der Waals surface area contributed by atoms with E-state index in [1.54, 1.807) is 6.08 Å². The first-order chi connectivity index (χ1) is 4.84. The zero-order valence-electron chi connectivity index (χ0n) is 6.12. The van der Waals surface area contributed by atoms with Crippen LogP contribution in [0.5, 0.6) is 0 Å². The second kappa shape index (κ2) is 3.74. The van der Waals surface area contributed by atoms with Crippen LogP contribution in [0.15, 0.2) is 12.7 Å². The van der Waals surface area contributed by atoms with Gasteiger partial charge in [0.25, 0.3) is 0 Å². The summed E-state index contributed by atoms with van der Waals surface area (Å²) < 4.78 is 5.31. The molecule has 0 radical (unpaired) electrons. The molecular formula is C8H14O2. The highest BCUT2D eigenvalue weighted by Crippen LogP contribution is 2.16. The summed E-state index contributed by atoms with van der Waals surface area (Å²) in [4.78, 5) is 0. The van der Waals surface area contributed by atoms with Crippen molar-refractivity contribution in [2.24, 2.45) is 0 Å². The predicted octanol–water partition coefficient (Wildman–Crippen LogP) is 1.10. The zero-order chi connectivity index (χ0) is 7.40. The SMILES string of the molecule is C=CCC1OCCCC1O. The average molecular weight is 142 g/mol. The number of ether oxygens (including phenoxy) is 1. The molecule has 1 heterocycles. The Hall–Kier alpha value is -0.340. The van der Waals surface area contributed by atoms with Gasteiger partial charge in [-0.1, -0.05) is 6.08 Å². The van der Waals surface area contributed by atoms with Crippen molar-refractivity contribution in [1.29, 1.82) is 0 Å². The molecule has 0 spiro atoms. The third kappa shape index (κ3) is 1.82. The summed E-state index contributed by atoms with van der Waals surface area (Å²) in [6.45, 7) is 4.39. The minimum Gasteiger partial charge on any atom is -0.390 e. The second-order valence-corrected chi connectivity index (χ2v) is 2.64. The van der Waals surface area contributed by atoms with Crippen LogP contribution in [0.25, 0.3) is 0 Å². The van der Waals surface area contributed by atoms with E-state index in [0.717, 1.165) is 25.9 Å².